The Morgan fingerprint density at radius 2 is 2.00 bits per heavy atom. The molecule has 1 saturated carbocycles. The summed E-state index contributed by atoms with van der Waals surface area (Å²) in [7, 11) is 0. The van der Waals surface area contributed by atoms with Gasteiger partial charge in [-0.25, -0.2) is 8.78 Å². The smallest absolute Gasteiger partial charge is 0.157 e. The minimum absolute atomic E-state index is 0.123. The van der Waals surface area contributed by atoms with Crippen LogP contribution in [0.3, 0.4) is 0 Å². The molecule has 0 radical (unpaired) electrons. The lowest BCUT2D eigenvalue weighted by Crippen LogP contribution is -2.42. The molecule has 0 aromatic heterocycles. The first-order valence-corrected chi connectivity index (χ1v) is 8.10. The van der Waals surface area contributed by atoms with Gasteiger partial charge in [-0.05, 0) is 31.1 Å². The molecule has 0 amide bonds. The second kappa shape index (κ2) is 9.49. The number of hydrogen-bond acceptors (Lipinski definition) is 1. The summed E-state index contributed by atoms with van der Waals surface area (Å²) in [6.07, 6.45) is 4.92. The van der Waals surface area contributed by atoms with Gasteiger partial charge >= 0.3 is 0 Å². The van der Waals surface area contributed by atoms with Gasteiger partial charge in [0, 0.05) is 0 Å². The molecule has 1 aliphatic rings. The molecule has 3 heteroatoms. The third kappa shape index (κ3) is 5.51. The van der Waals surface area contributed by atoms with E-state index in [2.05, 4.69) is 20.4 Å². The molecule has 118 valence electrons. The molecule has 0 bridgehead atoms. The molecule has 1 aliphatic carbocycles. The average Bonchev–Trinajstić information content (AvgIpc) is 2.43. The van der Waals surface area contributed by atoms with E-state index in [-0.39, 0.29) is 5.92 Å². The fourth-order valence-corrected chi connectivity index (χ4v) is 3.20. The van der Waals surface area contributed by atoms with Gasteiger partial charge < -0.3 is 4.74 Å². The van der Waals surface area contributed by atoms with Crippen molar-refractivity contribution in [1.29, 1.82) is 0 Å². The molecule has 4 unspecified atom stereocenters. The van der Waals surface area contributed by atoms with E-state index >= 15 is 0 Å². The van der Waals surface area contributed by atoms with Crippen LogP contribution in [0.4, 0.5) is 8.78 Å². The Bertz CT molecular complexity index is 270. The summed E-state index contributed by atoms with van der Waals surface area (Å²) >= 11 is 0. The van der Waals surface area contributed by atoms with Crippen molar-refractivity contribution in [3.05, 3.63) is 12.7 Å². The van der Waals surface area contributed by atoms with Crippen LogP contribution in [0.15, 0.2) is 12.7 Å². The Kier molecular flexibility index (Phi) is 8.35. The number of rotatable bonds is 9. The van der Waals surface area contributed by atoms with E-state index in [1.54, 1.807) is 6.08 Å². The van der Waals surface area contributed by atoms with Crippen molar-refractivity contribution >= 4 is 0 Å². The summed E-state index contributed by atoms with van der Waals surface area (Å²) in [5.74, 6) is 0.578. The highest BCUT2D eigenvalue weighted by Crippen LogP contribution is 2.35. The summed E-state index contributed by atoms with van der Waals surface area (Å²) < 4.78 is 33.4. The van der Waals surface area contributed by atoms with Gasteiger partial charge in [-0.3, -0.25) is 0 Å². The Balaban J connectivity index is 2.29. The minimum atomic E-state index is -1.47. The first-order chi connectivity index (χ1) is 9.60. The summed E-state index contributed by atoms with van der Waals surface area (Å²) in [6.45, 7) is 8.27. The highest BCUT2D eigenvalue weighted by Gasteiger charge is 2.40. The maximum atomic E-state index is 14.1. The highest BCUT2D eigenvalue weighted by atomic mass is 19.2. The van der Waals surface area contributed by atoms with Crippen molar-refractivity contribution in [1.82, 2.24) is 0 Å². The van der Waals surface area contributed by atoms with E-state index in [4.69, 9.17) is 4.74 Å². The molecule has 1 rings (SSSR count). The van der Waals surface area contributed by atoms with Gasteiger partial charge in [0.05, 0.1) is 12.7 Å². The fourth-order valence-electron chi connectivity index (χ4n) is 3.20. The first-order valence-electron chi connectivity index (χ1n) is 8.10. The molecule has 20 heavy (non-hydrogen) atoms. The normalized spacial score (nSPS) is 32.0. The largest absolute Gasteiger partial charge is 0.371 e. The van der Waals surface area contributed by atoms with Crippen molar-refractivity contribution < 1.29 is 13.5 Å². The van der Waals surface area contributed by atoms with E-state index in [0.717, 1.165) is 25.7 Å². The lowest BCUT2D eigenvalue weighted by molar-refractivity contribution is -0.0679. The molecule has 0 heterocycles. The van der Waals surface area contributed by atoms with Crippen molar-refractivity contribution in [3.8, 4) is 0 Å². The van der Waals surface area contributed by atoms with Crippen LogP contribution in [0.1, 0.15) is 58.8 Å². The third-order valence-corrected chi connectivity index (χ3v) is 4.41. The van der Waals surface area contributed by atoms with Gasteiger partial charge in [0.2, 0.25) is 0 Å². The average molecular weight is 288 g/mol. The summed E-state index contributed by atoms with van der Waals surface area (Å²) in [5, 5.41) is 0. The minimum Gasteiger partial charge on any atom is -0.371 e. The zero-order valence-corrected chi connectivity index (χ0v) is 13.0. The Morgan fingerprint density at radius 3 is 2.65 bits per heavy atom. The highest BCUT2D eigenvalue weighted by molar-refractivity contribution is 4.89. The molecular formula is C17H30F2O. The zero-order chi connectivity index (χ0) is 15.0. The number of hydrogen-bond donors (Lipinski definition) is 0. The van der Waals surface area contributed by atoms with Gasteiger partial charge in [-0.2, -0.15) is 0 Å². The quantitative estimate of drug-likeness (QED) is 0.526. The number of ether oxygens (including phenoxy) is 1. The van der Waals surface area contributed by atoms with Gasteiger partial charge in [0.25, 0.3) is 0 Å². The van der Waals surface area contributed by atoms with Crippen LogP contribution in [-0.2, 0) is 4.74 Å². The summed E-state index contributed by atoms with van der Waals surface area (Å²) in [6, 6.07) is 0. The molecule has 0 aromatic carbocycles. The third-order valence-electron chi connectivity index (χ3n) is 4.41. The van der Waals surface area contributed by atoms with Crippen LogP contribution < -0.4 is 0 Å². The van der Waals surface area contributed by atoms with Gasteiger partial charge in [-0.15, -0.1) is 6.58 Å². The molecule has 5 atom stereocenters. The van der Waals surface area contributed by atoms with E-state index in [9.17, 15) is 8.78 Å². The first kappa shape index (κ1) is 17.6. The Labute approximate surface area is 122 Å². The monoisotopic (exact) mass is 288 g/mol. The lowest BCUT2D eigenvalue weighted by atomic mass is 9.81. The van der Waals surface area contributed by atoms with Crippen LogP contribution in [0.5, 0.6) is 0 Å². The molecule has 0 spiro atoms. The predicted molar refractivity (Wildman–Crippen MR) is 80.4 cm³/mol. The molecule has 0 aromatic rings. The molecule has 0 N–H and O–H groups in total. The number of halogens is 2. The topological polar surface area (TPSA) is 9.23 Å². The summed E-state index contributed by atoms with van der Waals surface area (Å²) in [5.41, 5.74) is 0. The van der Waals surface area contributed by atoms with Crippen LogP contribution >= 0.6 is 0 Å². The molecular weight excluding hydrogens is 258 g/mol. The molecule has 1 fully saturated rings. The van der Waals surface area contributed by atoms with Crippen LogP contribution in [-0.4, -0.2) is 25.1 Å². The standard InChI is InChI=1S/C17H30F2O/c1-4-7-13(3)8-6-9-14-10-11-15(20-12-5-2)17(19)16(14)18/h5,13-17H,2,4,6-12H2,1,3H3/t13?,14-,15?,16?,17?/m1/s1. The fraction of sp³-hybridized carbons (Fsp3) is 0.882. The van der Waals surface area contributed by atoms with Gasteiger partial charge in [0.1, 0.15) is 6.17 Å². The molecule has 0 saturated heterocycles. The Hall–Kier alpha value is -0.440. The zero-order valence-electron chi connectivity index (χ0n) is 13.0. The van der Waals surface area contributed by atoms with Crippen molar-refractivity contribution in [2.75, 3.05) is 6.61 Å². The predicted octanol–water partition coefficient (Wildman–Crippen LogP) is 5.25. The SMILES string of the molecule is C=CCOC1CC[C@@H](CCCC(C)CCC)C(F)C1F. The van der Waals surface area contributed by atoms with E-state index in [1.165, 1.54) is 12.8 Å². The van der Waals surface area contributed by atoms with Crippen LogP contribution in [0.2, 0.25) is 0 Å². The maximum Gasteiger partial charge on any atom is 0.157 e. The molecule has 1 nitrogen and oxygen atoms in total. The second-order valence-corrected chi connectivity index (χ2v) is 6.21. The van der Waals surface area contributed by atoms with Crippen molar-refractivity contribution in [2.45, 2.75) is 77.2 Å². The maximum absolute atomic E-state index is 14.1. The van der Waals surface area contributed by atoms with Gasteiger partial charge in [-0.1, -0.05) is 45.6 Å². The van der Waals surface area contributed by atoms with Crippen LogP contribution in [0, 0.1) is 11.8 Å². The second-order valence-electron chi connectivity index (χ2n) is 6.21. The molecule has 0 aliphatic heterocycles. The van der Waals surface area contributed by atoms with E-state index < -0.39 is 18.4 Å². The van der Waals surface area contributed by atoms with Crippen LogP contribution in [0.25, 0.3) is 0 Å². The lowest BCUT2D eigenvalue weighted by Gasteiger charge is -2.34. The number of alkyl halides is 2. The summed E-state index contributed by atoms with van der Waals surface area (Å²) in [4.78, 5) is 0. The van der Waals surface area contributed by atoms with E-state index in [0.29, 0.717) is 18.9 Å². The van der Waals surface area contributed by atoms with Crippen molar-refractivity contribution in [3.63, 3.8) is 0 Å². The van der Waals surface area contributed by atoms with E-state index in [1.807, 2.05) is 0 Å². The van der Waals surface area contributed by atoms with Crippen molar-refractivity contribution in [2.24, 2.45) is 11.8 Å². The van der Waals surface area contributed by atoms with Gasteiger partial charge in [0.15, 0.2) is 6.17 Å². The Morgan fingerprint density at radius 1 is 1.25 bits per heavy atom.